The van der Waals surface area contributed by atoms with Gasteiger partial charge in [-0.05, 0) is 32.0 Å². The molecule has 1 aliphatic heterocycles. The Balaban J connectivity index is 1.40. The van der Waals surface area contributed by atoms with E-state index in [2.05, 4.69) is 20.5 Å². The summed E-state index contributed by atoms with van der Waals surface area (Å²) in [5.41, 5.74) is 2.32. The van der Waals surface area contributed by atoms with Crippen LogP contribution in [0.5, 0.6) is 0 Å². The van der Waals surface area contributed by atoms with Crippen molar-refractivity contribution in [2.75, 3.05) is 31.1 Å². The third-order valence-electron chi connectivity index (χ3n) is 4.64. The molecular weight excluding hydrogens is 382 g/mol. The molecule has 4 heterocycles. The summed E-state index contributed by atoms with van der Waals surface area (Å²) in [6.45, 7) is 5.77. The fraction of sp³-hybridized carbons (Fsp3) is 0.412. The van der Waals surface area contributed by atoms with Crippen LogP contribution in [0.25, 0.3) is 5.82 Å². The van der Waals surface area contributed by atoms with Crippen molar-refractivity contribution in [3.63, 3.8) is 0 Å². The normalized spacial score (nSPS) is 15.9. The van der Waals surface area contributed by atoms with Gasteiger partial charge in [-0.2, -0.15) is 9.40 Å². The van der Waals surface area contributed by atoms with Gasteiger partial charge in [0, 0.05) is 37.9 Å². The first-order valence-corrected chi connectivity index (χ1v) is 10.5. The van der Waals surface area contributed by atoms with Crippen LogP contribution in [0.2, 0.25) is 0 Å². The summed E-state index contributed by atoms with van der Waals surface area (Å²) in [6.07, 6.45) is 1.37. The topological polar surface area (TPSA) is 110 Å². The Hall–Kier alpha value is -2.79. The molecule has 0 radical (unpaired) electrons. The van der Waals surface area contributed by atoms with Crippen LogP contribution in [0.4, 0.5) is 5.82 Å². The summed E-state index contributed by atoms with van der Waals surface area (Å²) < 4.78 is 33.0. The number of nitrogens with zero attached hydrogens (tertiary/aromatic N) is 7. The molecule has 0 spiro atoms. The van der Waals surface area contributed by atoms with Gasteiger partial charge in [0.2, 0.25) is 10.0 Å². The average molecular weight is 403 g/mol. The molecule has 148 valence electrons. The highest BCUT2D eigenvalue weighted by molar-refractivity contribution is 7.88. The average Bonchev–Trinajstić information content (AvgIpc) is 3.30. The van der Waals surface area contributed by atoms with E-state index >= 15 is 0 Å². The van der Waals surface area contributed by atoms with Crippen molar-refractivity contribution >= 4 is 15.8 Å². The number of hydrogen-bond acceptors (Lipinski definition) is 8. The molecule has 4 rings (SSSR count). The molecule has 0 aliphatic carbocycles. The molecule has 0 bridgehead atoms. The molecular formula is C17H21N7O3S. The van der Waals surface area contributed by atoms with Gasteiger partial charge >= 0.3 is 0 Å². The zero-order chi connectivity index (χ0) is 19.7. The molecule has 0 atom stereocenters. The Morgan fingerprint density at radius 1 is 1.04 bits per heavy atom. The number of rotatable bonds is 5. The molecule has 3 aromatic heterocycles. The first-order valence-electron chi connectivity index (χ1n) is 8.92. The SMILES string of the molecule is Cc1cc(C)n(-c2ccc(N3CCN(S(=O)(=O)Cc4ccon4)CC3)nn2)n1. The summed E-state index contributed by atoms with van der Waals surface area (Å²) in [4.78, 5) is 2.03. The summed E-state index contributed by atoms with van der Waals surface area (Å²) in [7, 11) is -3.42. The fourth-order valence-corrected chi connectivity index (χ4v) is 4.67. The van der Waals surface area contributed by atoms with Crippen LogP contribution in [0.1, 0.15) is 17.1 Å². The third kappa shape index (κ3) is 3.76. The van der Waals surface area contributed by atoms with Crippen molar-refractivity contribution in [3.8, 4) is 5.82 Å². The fourth-order valence-electron chi connectivity index (χ4n) is 3.25. The quantitative estimate of drug-likeness (QED) is 0.618. The van der Waals surface area contributed by atoms with Gasteiger partial charge in [-0.1, -0.05) is 5.16 Å². The number of aryl methyl sites for hydroxylation is 2. The zero-order valence-corrected chi connectivity index (χ0v) is 16.5. The van der Waals surface area contributed by atoms with E-state index in [0.29, 0.717) is 37.7 Å². The van der Waals surface area contributed by atoms with Crippen LogP contribution in [-0.4, -0.2) is 64.0 Å². The molecule has 1 saturated heterocycles. The second-order valence-electron chi connectivity index (χ2n) is 6.72. The van der Waals surface area contributed by atoms with E-state index < -0.39 is 10.0 Å². The number of piperazine rings is 1. The van der Waals surface area contributed by atoms with Gasteiger partial charge in [-0.25, -0.2) is 13.1 Å². The van der Waals surface area contributed by atoms with Gasteiger partial charge in [0.05, 0.1) is 11.4 Å². The number of aromatic nitrogens is 5. The molecule has 10 nitrogen and oxygen atoms in total. The van der Waals surface area contributed by atoms with Crippen molar-refractivity contribution in [3.05, 3.63) is 47.6 Å². The van der Waals surface area contributed by atoms with Crippen LogP contribution >= 0.6 is 0 Å². The Bertz CT molecular complexity index is 1040. The molecule has 0 amide bonds. The van der Waals surface area contributed by atoms with Gasteiger partial charge in [-0.3, -0.25) is 0 Å². The maximum atomic E-state index is 12.5. The van der Waals surface area contributed by atoms with E-state index in [0.717, 1.165) is 17.2 Å². The van der Waals surface area contributed by atoms with Crippen molar-refractivity contribution in [1.82, 2.24) is 29.4 Å². The molecule has 0 N–H and O–H groups in total. The van der Waals surface area contributed by atoms with E-state index in [1.54, 1.807) is 10.7 Å². The largest absolute Gasteiger partial charge is 0.364 e. The molecule has 3 aromatic rings. The lowest BCUT2D eigenvalue weighted by Crippen LogP contribution is -2.49. The molecule has 1 fully saturated rings. The lowest BCUT2D eigenvalue weighted by Gasteiger charge is -2.34. The van der Waals surface area contributed by atoms with E-state index in [1.807, 2.05) is 36.9 Å². The van der Waals surface area contributed by atoms with E-state index in [9.17, 15) is 8.42 Å². The van der Waals surface area contributed by atoms with E-state index in [-0.39, 0.29) is 5.75 Å². The highest BCUT2D eigenvalue weighted by Crippen LogP contribution is 2.18. The Kier molecular flexibility index (Phi) is 4.85. The maximum Gasteiger partial charge on any atom is 0.220 e. The van der Waals surface area contributed by atoms with Gasteiger partial charge in [-0.15, -0.1) is 10.2 Å². The van der Waals surface area contributed by atoms with Crippen LogP contribution in [0.15, 0.2) is 35.1 Å². The standard InChI is InChI=1S/C17H21N7O3S/c1-13-11-14(2)24(20-13)17-4-3-16(18-19-17)22-6-8-23(9-7-22)28(25,26)12-15-5-10-27-21-15/h3-5,10-11H,6-9,12H2,1-2H3. The first kappa shape index (κ1) is 18.6. The molecule has 11 heteroatoms. The highest BCUT2D eigenvalue weighted by Gasteiger charge is 2.28. The summed E-state index contributed by atoms with van der Waals surface area (Å²) in [6, 6.07) is 7.30. The van der Waals surface area contributed by atoms with Crippen molar-refractivity contribution < 1.29 is 12.9 Å². The Labute approximate surface area is 162 Å². The van der Waals surface area contributed by atoms with Crippen LogP contribution in [-0.2, 0) is 15.8 Å². The molecule has 1 aliphatic rings. The zero-order valence-electron chi connectivity index (χ0n) is 15.7. The van der Waals surface area contributed by atoms with Crippen LogP contribution < -0.4 is 4.90 Å². The van der Waals surface area contributed by atoms with Gasteiger partial charge in [0.15, 0.2) is 11.6 Å². The Morgan fingerprint density at radius 2 is 1.75 bits per heavy atom. The second-order valence-corrected chi connectivity index (χ2v) is 8.69. The lowest BCUT2D eigenvalue weighted by atomic mass is 10.3. The monoisotopic (exact) mass is 403 g/mol. The second kappa shape index (κ2) is 7.32. The Morgan fingerprint density at radius 3 is 2.32 bits per heavy atom. The van der Waals surface area contributed by atoms with Crippen LogP contribution in [0, 0.1) is 13.8 Å². The minimum atomic E-state index is -3.42. The predicted molar refractivity (Wildman–Crippen MR) is 102 cm³/mol. The predicted octanol–water partition coefficient (Wildman–Crippen LogP) is 0.919. The van der Waals surface area contributed by atoms with Gasteiger partial charge in [0.1, 0.15) is 12.0 Å². The summed E-state index contributed by atoms with van der Waals surface area (Å²) in [5.74, 6) is 1.22. The van der Waals surface area contributed by atoms with Gasteiger partial charge < -0.3 is 9.42 Å². The highest BCUT2D eigenvalue weighted by atomic mass is 32.2. The van der Waals surface area contributed by atoms with E-state index in [1.165, 1.54) is 10.6 Å². The van der Waals surface area contributed by atoms with E-state index in [4.69, 9.17) is 4.52 Å². The number of anilines is 1. The number of sulfonamides is 1. The third-order valence-corrected chi connectivity index (χ3v) is 6.45. The van der Waals surface area contributed by atoms with Crippen molar-refractivity contribution in [2.24, 2.45) is 0 Å². The van der Waals surface area contributed by atoms with Gasteiger partial charge in [0.25, 0.3) is 0 Å². The minimum absolute atomic E-state index is 0.152. The number of hydrogen-bond donors (Lipinski definition) is 0. The summed E-state index contributed by atoms with van der Waals surface area (Å²) >= 11 is 0. The molecule has 0 unspecified atom stereocenters. The van der Waals surface area contributed by atoms with Crippen molar-refractivity contribution in [1.29, 1.82) is 0 Å². The molecule has 0 saturated carbocycles. The molecule has 28 heavy (non-hydrogen) atoms. The van der Waals surface area contributed by atoms with Crippen molar-refractivity contribution in [2.45, 2.75) is 19.6 Å². The lowest BCUT2D eigenvalue weighted by molar-refractivity contribution is 0.380. The minimum Gasteiger partial charge on any atom is -0.364 e. The maximum absolute atomic E-state index is 12.5. The smallest absolute Gasteiger partial charge is 0.220 e. The van der Waals surface area contributed by atoms with Crippen LogP contribution in [0.3, 0.4) is 0 Å². The molecule has 0 aromatic carbocycles. The first-order chi connectivity index (χ1) is 13.4. The summed E-state index contributed by atoms with van der Waals surface area (Å²) in [5, 5.41) is 16.7.